The molecular formula is C38H52N6O2. The fourth-order valence-corrected chi connectivity index (χ4v) is 10.4. The van der Waals surface area contributed by atoms with Crippen molar-refractivity contribution in [2.75, 3.05) is 73.6 Å². The van der Waals surface area contributed by atoms with Gasteiger partial charge in [-0.25, -0.2) is 0 Å². The third-order valence-corrected chi connectivity index (χ3v) is 13.2. The van der Waals surface area contributed by atoms with Gasteiger partial charge in [-0.3, -0.25) is 14.5 Å². The summed E-state index contributed by atoms with van der Waals surface area (Å²) in [4.78, 5) is 46.0. The zero-order chi connectivity index (χ0) is 31.5. The molecule has 46 heavy (non-hydrogen) atoms. The molecule has 4 aliphatic carbocycles. The maximum atomic E-state index is 14.1. The summed E-state index contributed by atoms with van der Waals surface area (Å²) < 4.78 is 0. The van der Waals surface area contributed by atoms with Crippen molar-refractivity contribution in [3.05, 3.63) is 41.5 Å². The number of allylic oxidation sites excluding steroid dienone is 6. The average molecular weight is 625 g/mol. The quantitative estimate of drug-likeness (QED) is 0.379. The summed E-state index contributed by atoms with van der Waals surface area (Å²) in [5.41, 5.74) is 2.72. The topological polar surface area (TPSA) is 72.9 Å². The lowest BCUT2D eigenvalue weighted by Gasteiger charge is -2.52. The maximum Gasteiger partial charge on any atom is 0.229 e. The molecule has 1 aromatic heterocycles. The van der Waals surface area contributed by atoms with E-state index in [1.165, 1.54) is 43.3 Å². The Morgan fingerprint density at radius 3 is 2.26 bits per heavy atom. The second-order valence-electron chi connectivity index (χ2n) is 15.7. The van der Waals surface area contributed by atoms with Gasteiger partial charge in [0.15, 0.2) is 5.78 Å². The standard InChI is InChI=1S/C38H52N6O2/c1-37-14-12-28(45)24-27(37)8-9-29-30-10-11-32(38(30,2)15-13-31(29)37)33(46)26-41-20-22-43(23-21-41)35-25-34(42-16-6-7-17-42)39-36(40-35)44-18-4-3-5-19-44/h12-14,24-25,29-30,32H,3-11,15-23,26H2,1-2H3/t29-,30-,32+,37-,38-/m0/s1. The van der Waals surface area contributed by atoms with Crippen LogP contribution in [0, 0.1) is 28.6 Å². The Hall–Kier alpha value is -3.00. The minimum Gasteiger partial charge on any atom is -0.356 e. The molecule has 7 aliphatic rings. The minimum absolute atomic E-state index is 0.0383. The van der Waals surface area contributed by atoms with Gasteiger partial charge in [0.05, 0.1) is 6.54 Å². The first kappa shape index (κ1) is 30.3. The third kappa shape index (κ3) is 5.23. The number of aromatic nitrogens is 2. The van der Waals surface area contributed by atoms with E-state index in [0.717, 1.165) is 102 Å². The predicted molar refractivity (Wildman–Crippen MR) is 183 cm³/mol. The Morgan fingerprint density at radius 1 is 0.848 bits per heavy atom. The molecule has 0 aromatic carbocycles. The van der Waals surface area contributed by atoms with Crippen molar-refractivity contribution in [1.29, 1.82) is 0 Å². The van der Waals surface area contributed by atoms with Gasteiger partial charge in [0.1, 0.15) is 17.4 Å². The number of hydrogen-bond donors (Lipinski definition) is 0. The molecule has 246 valence electrons. The van der Waals surface area contributed by atoms with Crippen LogP contribution in [-0.4, -0.2) is 85.3 Å². The Balaban J connectivity index is 0.929. The summed E-state index contributed by atoms with van der Waals surface area (Å²) in [6.07, 6.45) is 19.8. The SMILES string of the molecule is C[C@]12C=CC(=O)C=C1CC[C@@H]1C2=CC[C@]2(C)[C@@H](C(=O)CN3CCN(c4cc(N5CCCC5)nc(N5CCCCC5)n4)CC3)CC[C@@H]12. The molecule has 8 nitrogen and oxygen atoms in total. The second-order valence-corrected chi connectivity index (χ2v) is 15.7. The number of nitrogens with zero attached hydrogens (tertiary/aromatic N) is 6. The molecule has 0 amide bonds. The van der Waals surface area contributed by atoms with Gasteiger partial charge < -0.3 is 14.7 Å². The molecule has 8 heteroatoms. The number of ketones is 2. The highest BCUT2D eigenvalue weighted by Crippen LogP contribution is 2.64. The fourth-order valence-electron chi connectivity index (χ4n) is 10.4. The van der Waals surface area contributed by atoms with E-state index < -0.39 is 0 Å². The van der Waals surface area contributed by atoms with Crippen molar-refractivity contribution in [3.63, 3.8) is 0 Å². The van der Waals surface area contributed by atoms with E-state index in [9.17, 15) is 9.59 Å². The van der Waals surface area contributed by atoms with Gasteiger partial charge in [0.2, 0.25) is 5.95 Å². The van der Waals surface area contributed by atoms with Crippen LogP contribution in [0.15, 0.2) is 41.5 Å². The highest BCUT2D eigenvalue weighted by atomic mass is 16.1. The maximum absolute atomic E-state index is 14.1. The average Bonchev–Trinajstić information content (AvgIpc) is 3.74. The van der Waals surface area contributed by atoms with E-state index in [1.54, 1.807) is 6.08 Å². The molecule has 3 aliphatic heterocycles. The summed E-state index contributed by atoms with van der Waals surface area (Å²) >= 11 is 0. The summed E-state index contributed by atoms with van der Waals surface area (Å²) in [5.74, 6) is 4.83. The van der Waals surface area contributed by atoms with E-state index in [2.05, 4.69) is 51.7 Å². The largest absolute Gasteiger partial charge is 0.356 e. The van der Waals surface area contributed by atoms with Crippen LogP contribution in [0.5, 0.6) is 0 Å². The molecule has 3 saturated heterocycles. The van der Waals surface area contributed by atoms with E-state index >= 15 is 0 Å². The summed E-state index contributed by atoms with van der Waals surface area (Å²) in [7, 11) is 0. The minimum atomic E-state index is -0.118. The predicted octanol–water partition coefficient (Wildman–Crippen LogP) is 5.60. The fraction of sp³-hybridized carbons (Fsp3) is 0.684. The van der Waals surface area contributed by atoms with Crippen molar-refractivity contribution in [2.45, 2.75) is 78.1 Å². The molecular weight excluding hydrogens is 572 g/mol. The van der Waals surface area contributed by atoms with Crippen LogP contribution in [0.3, 0.4) is 0 Å². The lowest BCUT2D eigenvalue weighted by molar-refractivity contribution is -0.128. The number of carbonyl (C=O) groups excluding carboxylic acids is 2. The molecule has 8 rings (SSSR count). The summed E-state index contributed by atoms with van der Waals surface area (Å²) in [5, 5.41) is 0. The first-order chi connectivity index (χ1) is 22.3. The van der Waals surface area contributed by atoms with Gasteiger partial charge in [0, 0.05) is 69.8 Å². The van der Waals surface area contributed by atoms with Gasteiger partial charge in [0.25, 0.3) is 0 Å². The first-order valence-electron chi connectivity index (χ1n) is 18.4. The van der Waals surface area contributed by atoms with Crippen LogP contribution in [-0.2, 0) is 9.59 Å². The molecule has 1 aromatic rings. The monoisotopic (exact) mass is 624 g/mol. The normalized spacial score (nSPS) is 34.6. The first-order valence-corrected chi connectivity index (χ1v) is 18.4. The highest BCUT2D eigenvalue weighted by Gasteiger charge is 2.57. The molecule has 0 radical (unpaired) electrons. The van der Waals surface area contributed by atoms with Crippen molar-refractivity contribution in [2.24, 2.45) is 28.6 Å². The third-order valence-electron chi connectivity index (χ3n) is 13.2. The number of Topliss-reactive ketones (excluding diaryl/α,β-unsaturated/α-hetero) is 1. The van der Waals surface area contributed by atoms with Crippen LogP contribution < -0.4 is 14.7 Å². The number of rotatable bonds is 6. The second kappa shape index (κ2) is 11.9. The van der Waals surface area contributed by atoms with Gasteiger partial charge in [-0.1, -0.05) is 30.2 Å². The number of piperazine rings is 1. The van der Waals surface area contributed by atoms with Crippen LogP contribution in [0.4, 0.5) is 17.6 Å². The number of anilines is 3. The van der Waals surface area contributed by atoms with Crippen molar-refractivity contribution < 1.29 is 9.59 Å². The van der Waals surface area contributed by atoms with Crippen LogP contribution in [0.1, 0.15) is 78.1 Å². The van der Waals surface area contributed by atoms with Crippen LogP contribution in [0.2, 0.25) is 0 Å². The van der Waals surface area contributed by atoms with Crippen molar-refractivity contribution in [1.82, 2.24) is 14.9 Å². The van der Waals surface area contributed by atoms with Crippen molar-refractivity contribution in [3.8, 4) is 0 Å². The summed E-state index contributed by atoms with van der Waals surface area (Å²) in [6, 6.07) is 2.22. The van der Waals surface area contributed by atoms with E-state index in [4.69, 9.17) is 9.97 Å². The number of carbonyl (C=O) groups is 2. The number of hydrogen-bond acceptors (Lipinski definition) is 8. The lowest BCUT2D eigenvalue weighted by Crippen LogP contribution is -2.50. The molecule has 2 saturated carbocycles. The molecule has 5 fully saturated rings. The summed E-state index contributed by atoms with van der Waals surface area (Å²) in [6.45, 7) is 13.1. The molecule has 4 heterocycles. The highest BCUT2D eigenvalue weighted by molar-refractivity contribution is 6.01. The zero-order valence-electron chi connectivity index (χ0n) is 28.1. The van der Waals surface area contributed by atoms with Gasteiger partial charge >= 0.3 is 0 Å². The van der Waals surface area contributed by atoms with E-state index in [1.807, 2.05) is 6.08 Å². The molecule has 0 N–H and O–H groups in total. The van der Waals surface area contributed by atoms with E-state index in [-0.39, 0.29) is 22.5 Å². The van der Waals surface area contributed by atoms with Gasteiger partial charge in [-0.2, -0.15) is 9.97 Å². The number of fused-ring (bicyclic) bond motifs is 5. The Kier molecular flexibility index (Phi) is 7.85. The van der Waals surface area contributed by atoms with E-state index in [0.29, 0.717) is 24.2 Å². The molecule has 5 atom stereocenters. The van der Waals surface area contributed by atoms with Crippen LogP contribution in [0.25, 0.3) is 0 Å². The molecule has 0 spiro atoms. The van der Waals surface area contributed by atoms with Crippen LogP contribution >= 0.6 is 0 Å². The number of piperidine rings is 1. The van der Waals surface area contributed by atoms with Crippen molar-refractivity contribution >= 4 is 29.2 Å². The molecule has 0 bridgehead atoms. The lowest BCUT2D eigenvalue weighted by atomic mass is 9.52. The smallest absolute Gasteiger partial charge is 0.229 e. The Labute approximate surface area is 275 Å². The zero-order valence-corrected chi connectivity index (χ0v) is 28.1. The Morgan fingerprint density at radius 2 is 1.52 bits per heavy atom. The van der Waals surface area contributed by atoms with Gasteiger partial charge in [-0.05, 0) is 101 Å². The Bertz CT molecular complexity index is 1460. The molecule has 0 unspecified atom stereocenters. The van der Waals surface area contributed by atoms with Gasteiger partial charge in [-0.15, -0.1) is 0 Å².